The van der Waals surface area contributed by atoms with Gasteiger partial charge in [-0.15, -0.1) is 5.10 Å². The molecule has 1 aromatic heterocycles. The van der Waals surface area contributed by atoms with E-state index in [4.69, 9.17) is 0 Å². The van der Waals surface area contributed by atoms with Gasteiger partial charge in [-0.05, 0) is 44.2 Å². The van der Waals surface area contributed by atoms with Crippen molar-refractivity contribution in [1.82, 2.24) is 25.5 Å². The topological polar surface area (TPSA) is 55.6 Å². The highest BCUT2D eigenvalue weighted by Gasteiger charge is 2.13. The predicted molar refractivity (Wildman–Crippen MR) is 50.2 cm³/mol. The summed E-state index contributed by atoms with van der Waals surface area (Å²) in [7, 11) is 1.98. The molecular weight excluding hydrogens is 166 g/mol. The van der Waals surface area contributed by atoms with Crippen LogP contribution in [0.4, 0.5) is 0 Å². The average molecular weight is 183 g/mol. The van der Waals surface area contributed by atoms with Crippen molar-refractivity contribution >= 4 is 0 Å². The average Bonchev–Trinajstić information content (AvgIpc) is 2.57. The summed E-state index contributed by atoms with van der Waals surface area (Å²) in [6.07, 6.45) is 3.84. The van der Waals surface area contributed by atoms with E-state index in [0.29, 0.717) is 0 Å². The van der Waals surface area contributed by atoms with Gasteiger partial charge >= 0.3 is 0 Å². The fraction of sp³-hybridized carbons (Fsp3) is 0.875. The third-order valence-corrected chi connectivity index (χ3v) is 2.26. The van der Waals surface area contributed by atoms with Crippen LogP contribution in [0.3, 0.4) is 0 Å². The fourth-order valence-corrected chi connectivity index (χ4v) is 1.09. The molecule has 0 bridgehead atoms. The molecule has 5 heteroatoms. The van der Waals surface area contributed by atoms with Gasteiger partial charge in [0.15, 0.2) is 0 Å². The molecule has 74 valence electrons. The van der Waals surface area contributed by atoms with Crippen molar-refractivity contribution in [2.45, 2.75) is 38.8 Å². The normalized spacial score (nSPS) is 11.9. The highest BCUT2D eigenvalue weighted by Crippen LogP contribution is 2.10. The van der Waals surface area contributed by atoms with E-state index >= 15 is 0 Å². The highest BCUT2D eigenvalue weighted by atomic mass is 15.5. The maximum absolute atomic E-state index is 3.80. The van der Waals surface area contributed by atoms with Crippen LogP contribution in [0.5, 0.6) is 0 Å². The Hall–Kier alpha value is -0.970. The van der Waals surface area contributed by atoms with Gasteiger partial charge in [0.1, 0.15) is 6.33 Å². The monoisotopic (exact) mass is 183 g/mol. The Balaban J connectivity index is 2.21. The second-order valence-corrected chi connectivity index (χ2v) is 3.81. The molecular formula is C8H17N5. The summed E-state index contributed by atoms with van der Waals surface area (Å²) in [6.45, 7) is 5.26. The third-order valence-electron chi connectivity index (χ3n) is 2.26. The quantitative estimate of drug-likeness (QED) is 0.720. The lowest BCUT2D eigenvalue weighted by molar-refractivity contribution is 0.364. The number of rotatable bonds is 5. The van der Waals surface area contributed by atoms with E-state index < -0.39 is 0 Å². The first kappa shape index (κ1) is 10.1. The molecule has 0 unspecified atom stereocenters. The fourth-order valence-electron chi connectivity index (χ4n) is 1.09. The summed E-state index contributed by atoms with van der Waals surface area (Å²) in [5.41, 5.74) is 0.202. The summed E-state index contributed by atoms with van der Waals surface area (Å²) in [6, 6.07) is 0. The number of tetrazole rings is 1. The van der Waals surface area contributed by atoms with Crippen LogP contribution in [0.1, 0.15) is 26.7 Å². The molecule has 1 rings (SSSR count). The third kappa shape index (κ3) is 3.50. The molecule has 1 aromatic rings. The number of hydrogen-bond donors (Lipinski definition) is 1. The van der Waals surface area contributed by atoms with E-state index in [1.807, 2.05) is 7.05 Å². The minimum Gasteiger partial charge on any atom is -0.315 e. The predicted octanol–water partition coefficient (Wildman–Crippen LogP) is 0.451. The van der Waals surface area contributed by atoms with E-state index in [-0.39, 0.29) is 5.54 Å². The number of aryl methyl sites for hydroxylation is 1. The molecule has 0 fully saturated rings. The van der Waals surface area contributed by atoms with Crippen molar-refractivity contribution in [3.63, 3.8) is 0 Å². The zero-order valence-electron chi connectivity index (χ0n) is 8.49. The van der Waals surface area contributed by atoms with Crippen LogP contribution in [0.25, 0.3) is 0 Å². The van der Waals surface area contributed by atoms with Crippen LogP contribution in [0, 0.1) is 0 Å². The molecule has 0 aliphatic rings. The van der Waals surface area contributed by atoms with Gasteiger partial charge in [0, 0.05) is 12.1 Å². The van der Waals surface area contributed by atoms with Crippen LogP contribution in [0.15, 0.2) is 6.33 Å². The zero-order valence-corrected chi connectivity index (χ0v) is 8.49. The molecule has 1 heterocycles. The highest BCUT2D eigenvalue weighted by molar-refractivity contribution is 4.74. The van der Waals surface area contributed by atoms with Gasteiger partial charge in [-0.2, -0.15) is 0 Å². The molecule has 0 saturated heterocycles. The zero-order chi connectivity index (χ0) is 9.73. The summed E-state index contributed by atoms with van der Waals surface area (Å²) < 4.78 is 1.76. The molecule has 13 heavy (non-hydrogen) atoms. The van der Waals surface area contributed by atoms with Crippen LogP contribution in [-0.4, -0.2) is 32.8 Å². The summed E-state index contributed by atoms with van der Waals surface area (Å²) >= 11 is 0. The number of nitrogens with one attached hydrogen (secondary N) is 1. The molecule has 0 aliphatic heterocycles. The summed E-state index contributed by atoms with van der Waals surface area (Å²) in [4.78, 5) is 0. The number of hydrogen-bond acceptors (Lipinski definition) is 4. The van der Waals surface area contributed by atoms with E-state index in [9.17, 15) is 0 Å². The van der Waals surface area contributed by atoms with Crippen LogP contribution >= 0.6 is 0 Å². The smallest absolute Gasteiger partial charge is 0.138 e. The Morgan fingerprint density at radius 1 is 1.46 bits per heavy atom. The number of nitrogens with zero attached hydrogens (tertiary/aromatic N) is 4. The van der Waals surface area contributed by atoms with E-state index in [1.165, 1.54) is 0 Å². The van der Waals surface area contributed by atoms with Crippen molar-refractivity contribution in [1.29, 1.82) is 0 Å². The Morgan fingerprint density at radius 3 is 2.77 bits per heavy atom. The van der Waals surface area contributed by atoms with Gasteiger partial charge in [-0.1, -0.05) is 0 Å². The molecule has 0 aromatic carbocycles. The minimum absolute atomic E-state index is 0.202. The standard InChI is InChI=1S/C8H17N5/c1-8(2,9-3)5-4-6-13-7-10-11-12-13/h7,9H,4-6H2,1-3H3. The number of aromatic nitrogens is 4. The first-order valence-corrected chi connectivity index (χ1v) is 4.54. The molecule has 0 aliphatic carbocycles. The van der Waals surface area contributed by atoms with E-state index in [2.05, 4.69) is 34.7 Å². The first-order valence-electron chi connectivity index (χ1n) is 4.54. The lowest BCUT2D eigenvalue weighted by atomic mass is 9.99. The largest absolute Gasteiger partial charge is 0.315 e. The van der Waals surface area contributed by atoms with Gasteiger partial charge in [-0.3, -0.25) is 0 Å². The van der Waals surface area contributed by atoms with Crippen molar-refractivity contribution in [2.75, 3.05) is 7.05 Å². The molecule has 0 saturated carbocycles. The molecule has 1 N–H and O–H groups in total. The Morgan fingerprint density at radius 2 is 2.23 bits per heavy atom. The second kappa shape index (κ2) is 4.32. The Labute approximate surface area is 78.5 Å². The first-order chi connectivity index (χ1) is 6.14. The molecule has 5 nitrogen and oxygen atoms in total. The van der Waals surface area contributed by atoms with Crippen molar-refractivity contribution < 1.29 is 0 Å². The maximum atomic E-state index is 3.80. The van der Waals surface area contributed by atoms with Gasteiger partial charge in [-0.25, -0.2) is 4.68 Å². The Kier molecular flexibility index (Phi) is 3.36. The van der Waals surface area contributed by atoms with Crippen molar-refractivity contribution in [3.05, 3.63) is 6.33 Å². The lowest BCUT2D eigenvalue weighted by Crippen LogP contribution is -2.36. The van der Waals surface area contributed by atoms with Gasteiger partial charge in [0.05, 0.1) is 0 Å². The summed E-state index contributed by atoms with van der Waals surface area (Å²) in [5.74, 6) is 0. The van der Waals surface area contributed by atoms with E-state index in [0.717, 1.165) is 19.4 Å². The molecule has 0 atom stereocenters. The summed E-state index contributed by atoms with van der Waals surface area (Å²) in [5, 5.41) is 14.2. The lowest BCUT2D eigenvalue weighted by Gasteiger charge is -2.23. The van der Waals surface area contributed by atoms with Gasteiger partial charge < -0.3 is 5.32 Å². The van der Waals surface area contributed by atoms with Crippen LogP contribution < -0.4 is 5.32 Å². The van der Waals surface area contributed by atoms with Gasteiger partial charge in [0.25, 0.3) is 0 Å². The van der Waals surface area contributed by atoms with E-state index in [1.54, 1.807) is 11.0 Å². The maximum Gasteiger partial charge on any atom is 0.138 e. The molecule has 0 radical (unpaired) electrons. The SMILES string of the molecule is CNC(C)(C)CCCn1cnnn1. The molecule has 0 spiro atoms. The van der Waals surface area contributed by atoms with Crippen LogP contribution in [-0.2, 0) is 6.54 Å². The van der Waals surface area contributed by atoms with Crippen molar-refractivity contribution in [2.24, 2.45) is 0 Å². The van der Waals surface area contributed by atoms with Gasteiger partial charge in [0.2, 0.25) is 0 Å². The van der Waals surface area contributed by atoms with Crippen molar-refractivity contribution in [3.8, 4) is 0 Å². The minimum atomic E-state index is 0.202. The second-order valence-electron chi connectivity index (χ2n) is 3.81. The Bertz CT molecular complexity index is 229. The molecule has 0 amide bonds. The van der Waals surface area contributed by atoms with Crippen LogP contribution in [0.2, 0.25) is 0 Å².